The van der Waals surface area contributed by atoms with E-state index >= 15 is 0 Å². The molecule has 1 unspecified atom stereocenters. The fourth-order valence-corrected chi connectivity index (χ4v) is 2.73. The zero-order valence-electron chi connectivity index (χ0n) is 10.7. The number of rotatable bonds is 5. The van der Waals surface area contributed by atoms with Crippen LogP contribution in [0.4, 0.5) is 0 Å². The minimum atomic E-state index is 0.231. The Bertz CT molecular complexity index is 389. The Morgan fingerprint density at radius 2 is 2.22 bits per heavy atom. The molecule has 2 N–H and O–H groups in total. The van der Waals surface area contributed by atoms with E-state index in [1.807, 2.05) is 6.07 Å². The van der Waals surface area contributed by atoms with E-state index in [2.05, 4.69) is 15.2 Å². The summed E-state index contributed by atoms with van der Waals surface area (Å²) in [6, 6.07) is 4.47. The van der Waals surface area contributed by atoms with Crippen molar-refractivity contribution in [1.29, 1.82) is 0 Å². The number of aromatic hydroxyl groups is 1. The highest BCUT2D eigenvalue weighted by Crippen LogP contribution is 2.31. The fraction of sp³-hybridized carbons (Fsp3) is 0.643. The molecule has 0 aromatic carbocycles. The third kappa shape index (κ3) is 3.00. The maximum Gasteiger partial charge on any atom is 0.133 e. The van der Waals surface area contributed by atoms with Crippen molar-refractivity contribution in [3.8, 4) is 5.75 Å². The second kappa shape index (κ2) is 5.24. The topological polar surface area (TPSA) is 48.4 Å². The number of nitrogens with one attached hydrogen (secondary N) is 1. The maximum atomic E-state index is 9.15. The van der Waals surface area contributed by atoms with Crippen LogP contribution in [0, 0.1) is 5.92 Å². The van der Waals surface area contributed by atoms with Gasteiger partial charge in [-0.3, -0.25) is 4.98 Å². The number of aromatic nitrogens is 1. The van der Waals surface area contributed by atoms with E-state index in [4.69, 9.17) is 5.11 Å². The van der Waals surface area contributed by atoms with Crippen LogP contribution in [0.15, 0.2) is 18.3 Å². The van der Waals surface area contributed by atoms with Gasteiger partial charge < -0.3 is 15.3 Å². The number of hydrogen-bond donors (Lipinski definition) is 2. The Labute approximate surface area is 108 Å². The second-order valence-corrected chi connectivity index (χ2v) is 5.52. The molecule has 1 aliphatic carbocycles. The van der Waals surface area contributed by atoms with Crippen molar-refractivity contribution >= 4 is 0 Å². The largest absolute Gasteiger partial charge is 0.506 e. The second-order valence-electron chi connectivity index (χ2n) is 5.52. The van der Waals surface area contributed by atoms with Crippen LogP contribution in [0.2, 0.25) is 0 Å². The van der Waals surface area contributed by atoms with E-state index in [1.54, 1.807) is 6.07 Å². The minimum Gasteiger partial charge on any atom is -0.506 e. The lowest BCUT2D eigenvalue weighted by Gasteiger charge is -2.15. The van der Waals surface area contributed by atoms with Crippen LogP contribution in [0.25, 0.3) is 0 Å². The molecule has 1 aromatic rings. The molecular formula is C14H21N3O. The van der Waals surface area contributed by atoms with Crippen LogP contribution >= 0.6 is 0 Å². The quantitative estimate of drug-likeness (QED) is 0.825. The minimum absolute atomic E-state index is 0.231. The van der Waals surface area contributed by atoms with Crippen molar-refractivity contribution in [1.82, 2.24) is 15.2 Å². The highest BCUT2D eigenvalue weighted by molar-refractivity contribution is 5.17. The van der Waals surface area contributed by atoms with Gasteiger partial charge in [-0.15, -0.1) is 0 Å². The standard InChI is InChI=1S/C14H21N3O/c18-14-4-1-12(16-9-14)8-15-7-11-5-6-17(10-11)13-2-3-13/h1,4,9,11,13,15,18H,2-3,5-8,10H2. The van der Waals surface area contributed by atoms with Crippen molar-refractivity contribution in [2.45, 2.75) is 31.8 Å². The average Bonchev–Trinajstić information content (AvgIpc) is 3.12. The first-order valence-electron chi connectivity index (χ1n) is 6.90. The Balaban J connectivity index is 1.38. The molecule has 4 heteroatoms. The van der Waals surface area contributed by atoms with E-state index in [0.29, 0.717) is 0 Å². The van der Waals surface area contributed by atoms with Crippen molar-refractivity contribution < 1.29 is 5.11 Å². The van der Waals surface area contributed by atoms with E-state index in [0.717, 1.165) is 30.7 Å². The van der Waals surface area contributed by atoms with Crippen LogP contribution in [0.3, 0.4) is 0 Å². The lowest BCUT2D eigenvalue weighted by atomic mass is 10.1. The van der Waals surface area contributed by atoms with E-state index in [9.17, 15) is 0 Å². The lowest BCUT2D eigenvalue weighted by Crippen LogP contribution is -2.27. The Morgan fingerprint density at radius 3 is 2.94 bits per heavy atom. The highest BCUT2D eigenvalue weighted by Gasteiger charge is 2.33. The molecule has 98 valence electrons. The Morgan fingerprint density at radius 1 is 1.33 bits per heavy atom. The van der Waals surface area contributed by atoms with Crippen molar-refractivity contribution in [2.24, 2.45) is 5.92 Å². The number of likely N-dealkylation sites (tertiary alicyclic amines) is 1. The van der Waals surface area contributed by atoms with Gasteiger partial charge in [0.2, 0.25) is 0 Å². The third-order valence-electron chi connectivity index (χ3n) is 3.93. The fourth-order valence-electron chi connectivity index (χ4n) is 2.73. The summed E-state index contributed by atoms with van der Waals surface area (Å²) in [5.41, 5.74) is 0.991. The first kappa shape index (κ1) is 11.9. The summed E-state index contributed by atoms with van der Waals surface area (Å²) in [7, 11) is 0. The normalized spacial score (nSPS) is 24.6. The Hall–Kier alpha value is -1.13. The summed E-state index contributed by atoms with van der Waals surface area (Å²) in [6.07, 6.45) is 5.66. The van der Waals surface area contributed by atoms with Gasteiger partial charge in [0.05, 0.1) is 11.9 Å². The zero-order chi connectivity index (χ0) is 12.4. The van der Waals surface area contributed by atoms with Gasteiger partial charge in [-0.2, -0.15) is 0 Å². The summed E-state index contributed by atoms with van der Waals surface area (Å²) >= 11 is 0. The highest BCUT2D eigenvalue weighted by atomic mass is 16.3. The molecule has 4 nitrogen and oxygen atoms in total. The molecule has 18 heavy (non-hydrogen) atoms. The van der Waals surface area contributed by atoms with Gasteiger partial charge in [-0.25, -0.2) is 0 Å². The van der Waals surface area contributed by atoms with Gasteiger partial charge in [0.1, 0.15) is 5.75 Å². The molecule has 0 radical (unpaired) electrons. The van der Waals surface area contributed by atoms with E-state index in [1.165, 1.54) is 38.5 Å². The van der Waals surface area contributed by atoms with Gasteiger partial charge in [0.25, 0.3) is 0 Å². The SMILES string of the molecule is Oc1ccc(CNCC2CCN(C3CC3)C2)nc1. The van der Waals surface area contributed by atoms with Crippen LogP contribution in [-0.2, 0) is 6.54 Å². The molecule has 0 spiro atoms. The molecule has 1 saturated carbocycles. The first-order valence-corrected chi connectivity index (χ1v) is 6.90. The molecule has 1 saturated heterocycles. The molecule has 3 rings (SSSR count). The van der Waals surface area contributed by atoms with Crippen LogP contribution < -0.4 is 5.32 Å². The molecule has 2 aliphatic rings. The first-order chi connectivity index (χ1) is 8.81. The lowest BCUT2D eigenvalue weighted by molar-refractivity contribution is 0.311. The predicted molar refractivity (Wildman–Crippen MR) is 70.3 cm³/mol. The van der Waals surface area contributed by atoms with E-state index in [-0.39, 0.29) is 5.75 Å². The van der Waals surface area contributed by atoms with E-state index < -0.39 is 0 Å². The molecule has 1 aliphatic heterocycles. The maximum absolute atomic E-state index is 9.15. The predicted octanol–water partition coefficient (Wildman–Crippen LogP) is 1.36. The zero-order valence-corrected chi connectivity index (χ0v) is 10.7. The smallest absolute Gasteiger partial charge is 0.133 e. The van der Waals surface area contributed by atoms with Crippen LogP contribution in [0.1, 0.15) is 25.0 Å². The monoisotopic (exact) mass is 247 g/mol. The van der Waals surface area contributed by atoms with Crippen LogP contribution in [0.5, 0.6) is 5.75 Å². The van der Waals surface area contributed by atoms with Gasteiger partial charge >= 0.3 is 0 Å². The summed E-state index contributed by atoms with van der Waals surface area (Å²) in [6.45, 7) is 4.42. The molecule has 1 atom stereocenters. The molecule has 2 fully saturated rings. The summed E-state index contributed by atoms with van der Waals surface area (Å²) in [4.78, 5) is 6.82. The van der Waals surface area contributed by atoms with Gasteiger partial charge in [0, 0.05) is 19.1 Å². The molecule has 1 aromatic heterocycles. The third-order valence-corrected chi connectivity index (χ3v) is 3.93. The van der Waals surface area contributed by atoms with Gasteiger partial charge in [-0.1, -0.05) is 0 Å². The Kier molecular flexibility index (Phi) is 3.48. The van der Waals surface area contributed by atoms with Gasteiger partial charge in [-0.05, 0) is 50.4 Å². The molecule has 0 amide bonds. The van der Waals surface area contributed by atoms with Crippen molar-refractivity contribution in [3.63, 3.8) is 0 Å². The number of hydrogen-bond acceptors (Lipinski definition) is 4. The molecule has 2 heterocycles. The molecular weight excluding hydrogens is 226 g/mol. The number of nitrogens with zero attached hydrogens (tertiary/aromatic N) is 2. The van der Waals surface area contributed by atoms with Crippen molar-refractivity contribution in [2.75, 3.05) is 19.6 Å². The summed E-state index contributed by atoms with van der Waals surface area (Å²) in [5.74, 6) is 1.03. The average molecular weight is 247 g/mol. The number of pyridine rings is 1. The summed E-state index contributed by atoms with van der Waals surface area (Å²) in [5, 5.41) is 12.6. The molecule has 0 bridgehead atoms. The summed E-state index contributed by atoms with van der Waals surface area (Å²) < 4.78 is 0. The van der Waals surface area contributed by atoms with Crippen LogP contribution in [-0.4, -0.2) is 40.7 Å². The van der Waals surface area contributed by atoms with Gasteiger partial charge in [0.15, 0.2) is 0 Å². The van der Waals surface area contributed by atoms with Crippen molar-refractivity contribution in [3.05, 3.63) is 24.0 Å².